The van der Waals surface area contributed by atoms with Crippen LogP contribution in [0.1, 0.15) is 37.7 Å². The fourth-order valence-corrected chi connectivity index (χ4v) is 2.99. The number of methoxy groups -OCH3 is 1. The van der Waals surface area contributed by atoms with E-state index in [9.17, 15) is 0 Å². The molecular weight excluding hydrogens is 260 g/mol. The van der Waals surface area contributed by atoms with Gasteiger partial charge in [-0.15, -0.1) is 0 Å². The molecule has 118 valence electrons. The Morgan fingerprint density at radius 2 is 1.86 bits per heavy atom. The second-order valence-electron chi connectivity index (χ2n) is 6.04. The zero-order valence-electron chi connectivity index (χ0n) is 13.4. The molecule has 21 heavy (non-hydrogen) atoms. The first-order valence-electron chi connectivity index (χ1n) is 8.37. The largest absolute Gasteiger partial charge is 0.385 e. The van der Waals surface area contributed by atoms with Crippen molar-refractivity contribution in [2.45, 2.75) is 44.7 Å². The molecule has 1 aromatic carbocycles. The van der Waals surface area contributed by atoms with Gasteiger partial charge in [0.15, 0.2) is 0 Å². The van der Waals surface area contributed by atoms with E-state index in [1.807, 2.05) is 0 Å². The maximum Gasteiger partial charge on any atom is 0.0462 e. The van der Waals surface area contributed by atoms with Crippen LogP contribution in [-0.2, 0) is 11.3 Å². The van der Waals surface area contributed by atoms with Crippen molar-refractivity contribution in [1.82, 2.24) is 10.2 Å². The second kappa shape index (κ2) is 9.93. The first-order chi connectivity index (χ1) is 10.4. The number of hydrogen-bond donors (Lipinski definition) is 1. The molecule has 0 aliphatic carbocycles. The highest BCUT2D eigenvalue weighted by molar-refractivity contribution is 5.14. The van der Waals surface area contributed by atoms with Crippen LogP contribution in [0.5, 0.6) is 0 Å². The maximum atomic E-state index is 5.07. The zero-order valence-corrected chi connectivity index (χ0v) is 13.4. The second-order valence-corrected chi connectivity index (χ2v) is 6.04. The SMILES string of the molecule is COCCCCCNC1CCN(Cc2ccccc2)CC1. The number of nitrogens with zero attached hydrogens (tertiary/aromatic N) is 1. The van der Waals surface area contributed by atoms with Gasteiger partial charge in [0.05, 0.1) is 0 Å². The minimum Gasteiger partial charge on any atom is -0.385 e. The van der Waals surface area contributed by atoms with Crippen LogP contribution < -0.4 is 5.32 Å². The highest BCUT2D eigenvalue weighted by atomic mass is 16.5. The fourth-order valence-electron chi connectivity index (χ4n) is 2.99. The molecule has 1 N–H and O–H groups in total. The van der Waals surface area contributed by atoms with Crippen LogP contribution in [0.15, 0.2) is 30.3 Å². The smallest absolute Gasteiger partial charge is 0.0462 e. The third-order valence-electron chi connectivity index (χ3n) is 4.29. The third kappa shape index (κ3) is 6.60. The summed E-state index contributed by atoms with van der Waals surface area (Å²) >= 11 is 0. The number of hydrogen-bond acceptors (Lipinski definition) is 3. The van der Waals surface area contributed by atoms with Crippen molar-refractivity contribution in [3.63, 3.8) is 0 Å². The lowest BCUT2D eigenvalue weighted by molar-refractivity contribution is 0.186. The van der Waals surface area contributed by atoms with Crippen molar-refractivity contribution < 1.29 is 4.74 Å². The highest BCUT2D eigenvalue weighted by Crippen LogP contribution is 2.13. The van der Waals surface area contributed by atoms with Crippen LogP contribution in [0.4, 0.5) is 0 Å². The van der Waals surface area contributed by atoms with Gasteiger partial charge < -0.3 is 10.1 Å². The summed E-state index contributed by atoms with van der Waals surface area (Å²) in [7, 11) is 1.78. The lowest BCUT2D eigenvalue weighted by Crippen LogP contribution is -2.42. The normalized spacial score (nSPS) is 17.2. The molecular formula is C18H30N2O. The van der Waals surface area contributed by atoms with E-state index in [-0.39, 0.29) is 0 Å². The van der Waals surface area contributed by atoms with Gasteiger partial charge in [0.2, 0.25) is 0 Å². The number of nitrogens with one attached hydrogen (secondary N) is 1. The number of piperidine rings is 1. The summed E-state index contributed by atoms with van der Waals surface area (Å²) in [5.74, 6) is 0. The monoisotopic (exact) mass is 290 g/mol. The summed E-state index contributed by atoms with van der Waals surface area (Å²) in [5.41, 5.74) is 1.43. The molecule has 2 rings (SSSR count). The van der Waals surface area contributed by atoms with Gasteiger partial charge in [-0.3, -0.25) is 4.90 Å². The first kappa shape index (κ1) is 16.5. The van der Waals surface area contributed by atoms with Crippen LogP contribution in [0, 0.1) is 0 Å². The molecule has 1 heterocycles. The number of rotatable bonds is 9. The molecule has 3 heteroatoms. The van der Waals surface area contributed by atoms with Crippen molar-refractivity contribution >= 4 is 0 Å². The van der Waals surface area contributed by atoms with E-state index in [4.69, 9.17) is 4.74 Å². The van der Waals surface area contributed by atoms with Gasteiger partial charge in [0.1, 0.15) is 0 Å². The Bertz CT molecular complexity index is 361. The van der Waals surface area contributed by atoms with Crippen molar-refractivity contribution in [1.29, 1.82) is 0 Å². The molecule has 0 amide bonds. The number of likely N-dealkylation sites (tertiary alicyclic amines) is 1. The summed E-state index contributed by atoms with van der Waals surface area (Å²) in [6.07, 6.45) is 6.30. The molecule has 0 unspecified atom stereocenters. The minimum absolute atomic E-state index is 0.722. The van der Waals surface area contributed by atoms with E-state index in [0.717, 1.165) is 25.7 Å². The highest BCUT2D eigenvalue weighted by Gasteiger charge is 2.18. The predicted molar refractivity (Wildman–Crippen MR) is 88.5 cm³/mol. The molecule has 3 nitrogen and oxygen atoms in total. The predicted octanol–water partition coefficient (Wildman–Crippen LogP) is 3.06. The summed E-state index contributed by atoms with van der Waals surface area (Å²) in [4.78, 5) is 2.58. The zero-order chi connectivity index (χ0) is 14.8. The molecule has 0 atom stereocenters. The Kier molecular flexibility index (Phi) is 7.79. The van der Waals surface area contributed by atoms with E-state index in [2.05, 4.69) is 40.5 Å². The summed E-state index contributed by atoms with van der Waals surface area (Å²) < 4.78 is 5.07. The van der Waals surface area contributed by atoms with E-state index < -0.39 is 0 Å². The summed E-state index contributed by atoms with van der Waals surface area (Å²) in [6, 6.07) is 11.5. The summed E-state index contributed by atoms with van der Waals surface area (Å²) in [5, 5.41) is 3.72. The topological polar surface area (TPSA) is 24.5 Å². The molecule has 0 radical (unpaired) electrons. The van der Waals surface area contributed by atoms with E-state index >= 15 is 0 Å². The van der Waals surface area contributed by atoms with Crippen LogP contribution in [0.25, 0.3) is 0 Å². The number of ether oxygens (including phenoxy) is 1. The van der Waals surface area contributed by atoms with Crippen molar-refractivity contribution in [2.75, 3.05) is 33.4 Å². The van der Waals surface area contributed by atoms with E-state index in [1.165, 1.54) is 50.8 Å². The number of benzene rings is 1. The molecule has 0 bridgehead atoms. The van der Waals surface area contributed by atoms with Gasteiger partial charge >= 0.3 is 0 Å². The van der Waals surface area contributed by atoms with Gasteiger partial charge in [-0.1, -0.05) is 30.3 Å². The van der Waals surface area contributed by atoms with E-state index in [0.29, 0.717) is 0 Å². The molecule has 1 aliphatic rings. The van der Waals surface area contributed by atoms with Gasteiger partial charge in [0.25, 0.3) is 0 Å². The van der Waals surface area contributed by atoms with Crippen molar-refractivity contribution in [2.24, 2.45) is 0 Å². The Morgan fingerprint density at radius 1 is 1.10 bits per heavy atom. The Labute approximate surface area is 129 Å². The Hall–Kier alpha value is -0.900. The van der Waals surface area contributed by atoms with Crippen molar-refractivity contribution in [3.05, 3.63) is 35.9 Å². The Morgan fingerprint density at radius 3 is 2.57 bits per heavy atom. The molecule has 1 fully saturated rings. The van der Waals surface area contributed by atoms with Crippen LogP contribution in [-0.4, -0.2) is 44.3 Å². The lowest BCUT2D eigenvalue weighted by atomic mass is 10.0. The molecule has 0 saturated carbocycles. The van der Waals surface area contributed by atoms with Crippen molar-refractivity contribution in [3.8, 4) is 0 Å². The molecule has 0 spiro atoms. The maximum absolute atomic E-state index is 5.07. The van der Waals surface area contributed by atoms with Gasteiger partial charge in [-0.2, -0.15) is 0 Å². The number of unbranched alkanes of at least 4 members (excludes halogenated alkanes) is 2. The minimum atomic E-state index is 0.722. The quantitative estimate of drug-likeness (QED) is 0.707. The Balaban J connectivity index is 1.54. The van der Waals surface area contributed by atoms with Gasteiger partial charge in [-0.05, 0) is 57.3 Å². The average Bonchev–Trinajstić information content (AvgIpc) is 2.53. The molecule has 1 aliphatic heterocycles. The molecule has 1 saturated heterocycles. The molecule has 0 aromatic heterocycles. The standard InChI is InChI=1S/C18H30N2O/c1-21-15-7-3-6-12-19-18-10-13-20(14-11-18)16-17-8-4-2-5-9-17/h2,4-5,8-9,18-19H,3,6-7,10-16H2,1H3. The van der Waals surface area contributed by atoms with Crippen LogP contribution in [0.3, 0.4) is 0 Å². The summed E-state index contributed by atoms with van der Waals surface area (Å²) in [6.45, 7) is 5.60. The molecule has 1 aromatic rings. The first-order valence-corrected chi connectivity index (χ1v) is 8.37. The van der Waals surface area contributed by atoms with Gasteiger partial charge in [0, 0.05) is 26.3 Å². The fraction of sp³-hybridized carbons (Fsp3) is 0.667. The third-order valence-corrected chi connectivity index (χ3v) is 4.29. The van der Waals surface area contributed by atoms with E-state index in [1.54, 1.807) is 7.11 Å². The van der Waals surface area contributed by atoms with Gasteiger partial charge in [-0.25, -0.2) is 0 Å². The lowest BCUT2D eigenvalue weighted by Gasteiger charge is -2.32. The van der Waals surface area contributed by atoms with Crippen LogP contribution >= 0.6 is 0 Å². The van der Waals surface area contributed by atoms with Crippen LogP contribution in [0.2, 0.25) is 0 Å². The average molecular weight is 290 g/mol.